The number of hydrogen-bond acceptors (Lipinski definition) is 6. The summed E-state index contributed by atoms with van der Waals surface area (Å²) in [5.41, 5.74) is 2.42. The van der Waals surface area contributed by atoms with Crippen LogP contribution >= 0.6 is 0 Å². The van der Waals surface area contributed by atoms with Gasteiger partial charge in [0.2, 0.25) is 0 Å². The average Bonchev–Trinajstić information content (AvgIpc) is 2.88. The molecule has 1 aliphatic rings. The zero-order chi connectivity index (χ0) is 17.9. The first kappa shape index (κ1) is 16.7. The lowest BCUT2D eigenvalue weighted by Crippen LogP contribution is -2.31. The molecule has 1 aliphatic heterocycles. The van der Waals surface area contributed by atoms with E-state index in [1.807, 2.05) is 37.3 Å². The molecule has 0 unspecified atom stereocenters. The second-order valence-corrected chi connectivity index (χ2v) is 6.66. The molecule has 0 atom stereocenters. The first-order chi connectivity index (χ1) is 12.7. The van der Waals surface area contributed by atoms with Crippen LogP contribution in [0.1, 0.15) is 17.8 Å². The van der Waals surface area contributed by atoms with Gasteiger partial charge in [-0.05, 0) is 37.6 Å². The second kappa shape index (κ2) is 7.21. The van der Waals surface area contributed by atoms with Crippen molar-refractivity contribution in [2.45, 2.75) is 19.9 Å². The van der Waals surface area contributed by atoms with Gasteiger partial charge in [0.1, 0.15) is 5.65 Å². The van der Waals surface area contributed by atoms with Crippen molar-refractivity contribution in [3.05, 3.63) is 64.3 Å². The van der Waals surface area contributed by atoms with Gasteiger partial charge < -0.3 is 4.90 Å². The quantitative estimate of drug-likeness (QED) is 0.713. The van der Waals surface area contributed by atoms with Gasteiger partial charge in [0.05, 0.1) is 11.4 Å². The molecule has 3 aromatic rings. The summed E-state index contributed by atoms with van der Waals surface area (Å²) in [5.74, 6) is 0.930. The lowest BCUT2D eigenvalue weighted by Gasteiger charge is -2.22. The molecule has 4 heterocycles. The van der Waals surface area contributed by atoms with Gasteiger partial charge in [0.25, 0.3) is 5.56 Å². The van der Waals surface area contributed by atoms with Crippen molar-refractivity contribution in [3.8, 4) is 0 Å². The topological polar surface area (TPSA) is 66.6 Å². The maximum Gasteiger partial charge on any atom is 0.258 e. The van der Waals surface area contributed by atoms with Crippen LogP contribution in [0.4, 0.5) is 5.82 Å². The molecular formula is C19H22N6O. The summed E-state index contributed by atoms with van der Waals surface area (Å²) < 4.78 is 1.57. The Morgan fingerprint density at radius 3 is 2.81 bits per heavy atom. The molecule has 0 radical (unpaired) electrons. The molecule has 1 saturated heterocycles. The molecule has 3 aromatic heterocycles. The highest BCUT2D eigenvalue weighted by molar-refractivity contribution is 5.38. The van der Waals surface area contributed by atoms with Crippen LogP contribution in [-0.2, 0) is 6.54 Å². The van der Waals surface area contributed by atoms with E-state index in [2.05, 4.69) is 25.0 Å². The smallest absolute Gasteiger partial charge is 0.258 e. The Hall–Kier alpha value is -2.80. The molecule has 0 bridgehead atoms. The van der Waals surface area contributed by atoms with Crippen molar-refractivity contribution in [3.63, 3.8) is 0 Å². The third-order valence-electron chi connectivity index (χ3n) is 4.71. The summed E-state index contributed by atoms with van der Waals surface area (Å²) in [7, 11) is 0. The van der Waals surface area contributed by atoms with Crippen LogP contribution in [0.2, 0.25) is 0 Å². The highest BCUT2D eigenvalue weighted by Crippen LogP contribution is 2.14. The van der Waals surface area contributed by atoms with E-state index in [9.17, 15) is 4.79 Å². The van der Waals surface area contributed by atoms with Crippen molar-refractivity contribution in [2.75, 3.05) is 31.1 Å². The molecule has 26 heavy (non-hydrogen) atoms. The lowest BCUT2D eigenvalue weighted by atomic mass is 10.3. The number of rotatable bonds is 3. The predicted molar refractivity (Wildman–Crippen MR) is 100 cm³/mol. The predicted octanol–water partition coefficient (Wildman–Crippen LogP) is 1.51. The molecule has 0 amide bonds. The normalized spacial score (nSPS) is 16.0. The Morgan fingerprint density at radius 2 is 1.96 bits per heavy atom. The van der Waals surface area contributed by atoms with Gasteiger partial charge in [-0.3, -0.25) is 14.1 Å². The van der Waals surface area contributed by atoms with Crippen LogP contribution in [0.3, 0.4) is 0 Å². The maximum absolute atomic E-state index is 12.3. The monoisotopic (exact) mass is 350 g/mol. The van der Waals surface area contributed by atoms with E-state index in [4.69, 9.17) is 0 Å². The highest BCUT2D eigenvalue weighted by Gasteiger charge is 2.17. The summed E-state index contributed by atoms with van der Waals surface area (Å²) >= 11 is 0. The summed E-state index contributed by atoms with van der Waals surface area (Å²) in [6.07, 6.45) is 2.79. The first-order valence-electron chi connectivity index (χ1n) is 8.94. The van der Waals surface area contributed by atoms with Crippen LogP contribution in [0.25, 0.3) is 5.65 Å². The molecule has 0 N–H and O–H groups in total. The Labute approximate surface area is 151 Å². The van der Waals surface area contributed by atoms with Crippen LogP contribution in [0.5, 0.6) is 0 Å². The SMILES string of the molecule is Cc1ccc(N2CCCN(Cc3cc(=O)n4ccccc4n3)CC2)nn1. The molecule has 134 valence electrons. The van der Waals surface area contributed by atoms with Crippen LogP contribution in [0.15, 0.2) is 47.4 Å². The van der Waals surface area contributed by atoms with E-state index in [0.29, 0.717) is 12.2 Å². The Kier molecular flexibility index (Phi) is 4.62. The van der Waals surface area contributed by atoms with E-state index in [-0.39, 0.29) is 5.56 Å². The first-order valence-corrected chi connectivity index (χ1v) is 8.94. The van der Waals surface area contributed by atoms with Crippen molar-refractivity contribution in [2.24, 2.45) is 0 Å². The van der Waals surface area contributed by atoms with Crippen molar-refractivity contribution < 1.29 is 0 Å². The van der Waals surface area contributed by atoms with E-state index >= 15 is 0 Å². The number of anilines is 1. The summed E-state index contributed by atoms with van der Waals surface area (Å²) in [6.45, 7) is 6.37. The summed E-state index contributed by atoms with van der Waals surface area (Å²) in [6, 6.07) is 11.3. The van der Waals surface area contributed by atoms with Gasteiger partial charge in [-0.25, -0.2) is 4.98 Å². The molecule has 7 nitrogen and oxygen atoms in total. The minimum atomic E-state index is -0.0306. The molecule has 0 saturated carbocycles. The zero-order valence-electron chi connectivity index (χ0n) is 14.9. The number of aromatic nitrogens is 4. The molecule has 0 aromatic carbocycles. The minimum absolute atomic E-state index is 0.0306. The Balaban J connectivity index is 1.46. The van der Waals surface area contributed by atoms with Crippen LogP contribution < -0.4 is 10.5 Å². The fraction of sp³-hybridized carbons (Fsp3) is 0.368. The fourth-order valence-electron chi connectivity index (χ4n) is 3.33. The van der Waals surface area contributed by atoms with Gasteiger partial charge >= 0.3 is 0 Å². The largest absolute Gasteiger partial charge is 0.354 e. The molecular weight excluding hydrogens is 328 g/mol. The van der Waals surface area contributed by atoms with Crippen LogP contribution in [0, 0.1) is 6.92 Å². The molecule has 1 fully saturated rings. The van der Waals surface area contributed by atoms with Gasteiger partial charge in [-0.2, -0.15) is 5.10 Å². The van der Waals surface area contributed by atoms with Crippen molar-refractivity contribution >= 4 is 11.5 Å². The van der Waals surface area contributed by atoms with Crippen molar-refractivity contribution in [1.82, 2.24) is 24.5 Å². The zero-order valence-corrected chi connectivity index (χ0v) is 14.9. The minimum Gasteiger partial charge on any atom is -0.354 e. The number of aryl methyl sites for hydroxylation is 1. The van der Waals surface area contributed by atoms with Gasteiger partial charge in [0, 0.05) is 45.0 Å². The van der Waals surface area contributed by atoms with Gasteiger partial charge in [-0.15, -0.1) is 5.10 Å². The maximum atomic E-state index is 12.3. The Morgan fingerprint density at radius 1 is 1.04 bits per heavy atom. The number of fused-ring (bicyclic) bond motifs is 1. The van der Waals surface area contributed by atoms with Crippen molar-refractivity contribution in [1.29, 1.82) is 0 Å². The lowest BCUT2D eigenvalue weighted by molar-refractivity contribution is 0.282. The average molecular weight is 350 g/mol. The molecule has 7 heteroatoms. The molecule has 4 rings (SSSR count). The van der Waals surface area contributed by atoms with E-state index < -0.39 is 0 Å². The van der Waals surface area contributed by atoms with E-state index in [1.165, 1.54) is 0 Å². The highest BCUT2D eigenvalue weighted by atomic mass is 16.1. The summed E-state index contributed by atoms with van der Waals surface area (Å²) in [4.78, 5) is 21.5. The molecule has 0 aliphatic carbocycles. The second-order valence-electron chi connectivity index (χ2n) is 6.66. The number of pyridine rings is 1. The van der Waals surface area contributed by atoms with Crippen LogP contribution in [-0.4, -0.2) is 50.7 Å². The Bertz CT molecular complexity index is 952. The summed E-state index contributed by atoms with van der Waals surface area (Å²) in [5, 5.41) is 8.46. The molecule has 0 spiro atoms. The van der Waals surface area contributed by atoms with Gasteiger partial charge in [-0.1, -0.05) is 6.07 Å². The van der Waals surface area contributed by atoms with E-state index in [0.717, 1.165) is 49.8 Å². The number of hydrogen-bond donors (Lipinski definition) is 0. The van der Waals surface area contributed by atoms with Gasteiger partial charge in [0.15, 0.2) is 5.82 Å². The van der Waals surface area contributed by atoms with E-state index in [1.54, 1.807) is 16.7 Å². The number of nitrogens with zero attached hydrogens (tertiary/aromatic N) is 6. The standard InChI is InChI=1S/C19H22N6O/c1-15-6-7-18(22-21-15)24-9-4-8-23(11-12-24)14-16-13-19(26)25-10-3-2-5-17(25)20-16/h2-3,5-7,10,13H,4,8-9,11-12,14H2,1H3. The third kappa shape index (κ3) is 3.57. The third-order valence-corrected chi connectivity index (χ3v) is 4.71. The fourth-order valence-corrected chi connectivity index (χ4v) is 3.33.